The number of esters is 1. The third kappa shape index (κ3) is 5.64. The number of nitrogens with zero attached hydrogens (tertiary/aromatic N) is 1. The highest BCUT2D eigenvalue weighted by Crippen LogP contribution is 2.23. The van der Waals surface area contributed by atoms with Crippen LogP contribution in [0, 0.1) is 11.6 Å². The van der Waals surface area contributed by atoms with Crippen LogP contribution in [0.3, 0.4) is 0 Å². The summed E-state index contributed by atoms with van der Waals surface area (Å²) in [6.07, 6.45) is 2.32. The van der Waals surface area contributed by atoms with Crippen LogP contribution in [-0.4, -0.2) is 24.2 Å². The molecule has 0 N–H and O–H groups in total. The molecule has 0 aliphatic carbocycles. The molecular formula is C21H19F2NO4. The number of carbonyl (C=O) groups excluding carboxylic acids is 1. The normalized spacial score (nSPS) is 10.6. The minimum atomic E-state index is -0.396. The standard InChI is InChI=1S/C21H19F2NO4/c22-15-6-8-16(9-7-15)26-12-3-13-27-21(25)11-10-20-24-14-19(28-20)17-4-1-2-5-18(17)23/h1-2,4-9,14H,3,10-13H2. The second kappa shape index (κ2) is 9.64. The monoisotopic (exact) mass is 387 g/mol. The lowest BCUT2D eigenvalue weighted by Crippen LogP contribution is -2.09. The number of aryl methyl sites for hydroxylation is 1. The van der Waals surface area contributed by atoms with Crippen molar-refractivity contribution in [2.45, 2.75) is 19.3 Å². The van der Waals surface area contributed by atoms with Crippen LogP contribution in [0.25, 0.3) is 11.3 Å². The van der Waals surface area contributed by atoms with E-state index in [1.807, 2.05) is 0 Å². The Morgan fingerprint density at radius 1 is 1.04 bits per heavy atom. The zero-order valence-electron chi connectivity index (χ0n) is 15.1. The lowest BCUT2D eigenvalue weighted by atomic mass is 10.2. The zero-order chi connectivity index (χ0) is 19.8. The Morgan fingerprint density at radius 2 is 1.82 bits per heavy atom. The maximum Gasteiger partial charge on any atom is 0.306 e. The smallest absolute Gasteiger partial charge is 0.306 e. The highest BCUT2D eigenvalue weighted by atomic mass is 19.1. The van der Waals surface area contributed by atoms with Crippen LogP contribution < -0.4 is 4.74 Å². The topological polar surface area (TPSA) is 61.6 Å². The maximum absolute atomic E-state index is 13.7. The van der Waals surface area contributed by atoms with Gasteiger partial charge in [0.25, 0.3) is 0 Å². The average Bonchev–Trinajstić information content (AvgIpc) is 3.17. The molecule has 5 nitrogen and oxygen atoms in total. The van der Waals surface area contributed by atoms with Crippen LogP contribution in [0.2, 0.25) is 0 Å². The summed E-state index contributed by atoms with van der Waals surface area (Å²) >= 11 is 0. The second-order valence-corrected chi connectivity index (χ2v) is 5.97. The van der Waals surface area contributed by atoms with E-state index in [-0.39, 0.29) is 31.2 Å². The summed E-state index contributed by atoms with van der Waals surface area (Å²) in [7, 11) is 0. The largest absolute Gasteiger partial charge is 0.493 e. The van der Waals surface area contributed by atoms with E-state index >= 15 is 0 Å². The van der Waals surface area contributed by atoms with Gasteiger partial charge in [-0.3, -0.25) is 4.79 Å². The molecule has 0 aliphatic rings. The summed E-state index contributed by atoms with van der Waals surface area (Å²) < 4.78 is 42.5. The number of hydrogen-bond acceptors (Lipinski definition) is 5. The third-order valence-electron chi connectivity index (χ3n) is 3.87. The first-order chi connectivity index (χ1) is 13.6. The summed E-state index contributed by atoms with van der Waals surface area (Å²) in [4.78, 5) is 15.9. The molecule has 0 bridgehead atoms. The highest BCUT2D eigenvalue weighted by Gasteiger charge is 2.12. The minimum Gasteiger partial charge on any atom is -0.493 e. The third-order valence-corrected chi connectivity index (χ3v) is 3.87. The molecule has 1 aromatic heterocycles. The molecule has 3 rings (SSSR count). The summed E-state index contributed by atoms with van der Waals surface area (Å²) in [5.74, 6) is 0.116. The van der Waals surface area contributed by atoms with E-state index in [4.69, 9.17) is 13.9 Å². The van der Waals surface area contributed by atoms with E-state index in [1.165, 1.54) is 36.5 Å². The number of rotatable bonds is 9. The van der Waals surface area contributed by atoms with Crippen molar-refractivity contribution in [3.8, 4) is 17.1 Å². The predicted octanol–water partition coefficient (Wildman–Crippen LogP) is 4.56. The van der Waals surface area contributed by atoms with Gasteiger partial charge in [0.2, 0.25) is 0 Å². The number of carbonyl (C=O) groups is 1. The molecule has 0 atom stereocenters. The molecule has 0 radical (unpaired) electrons. The molecule has 2 aromatic carbocycles. The fourth-order valence-electron chi connectivity index (χ4n) is 2.46. The number of aromatic nitrogens is 1. The quantitative estimate of drug-likeness (QED) is 0.398. The van der Waals surface area contributed by atoms with Crippen molar-refractivity contribution in [2.75, 3.05) is 13.2 Å². The second-order valence-electron chi connectivity index (χ2n) is 5.97. The molecule has 1 heterocycles. The van der Waals surface area contributed by atoms with Crippen LogP contribution >= 0.6 is 0 Å². The van der Waals surface area contributed by atoms with E-state index in [0.717, 1.165) is 0 Å². The summed E-state index contributed by atoms with van der Waals surface area (Å²) in [6.45, 7) is 0.566. The van der Waals surface area contributed by atoms with E-state index in [2.05, 4.69) is 4.98 Å². The van der Waals surface area contributed by atoms with Crippen molar-refractivity contribution < 1.29 is 27.5 Å². The van der Waals surface area contributed by atoms with Gasteiger partial charge in [-0.1, -0.05) is 12.1 Å². The van der Waals surface area contributed by atoms with E-state index < -0.39 is 5.82 Å². The molecule has 0 saturated heterocycles. The SMILES string of the molecule is O=C(CCc1ncc(-c2ccccc2F)o1)OCCCOc1ccc(F)cc1. The van der Waals surface area contributed by atoms with Crippen LogP contribution in [0.4, 0.5) is 8.78 Å². The van der Waals surface area contributed by atoms with Gasteiger partial charge in [0.05, 0.1) is 31.4 Å². The molecule has 3 aromatic rings. The molecule has 0 amide bonds. The minimum absolute atomic E-state index is 0.107. The Bertz CT molecular complexity index is 909. The Labute approximate surface area is 160 Å². The lowest BCUT2D eigenvalue weighted by Gasteiger charge is -2.07. The molecular weight excluding hydrogens is 368 g/mol. The van der Waals surface area contributed by atoms with Gasteiger partial charge < -0.3 is 13.9 Å². The van der Waals surface area contributed by atoms with Crippen molar-refractivity contribution in [2.24, 2.45) is 0 Å². The van der Waals surface area contributed by atoms with Gasteiger partial charge in [-0.2, -0.15) is 0 Å². The Morgan fingerprint density at radius 3 is 2.61 bits per heavy atom. The van der Waals surface area contributed by atoms with Gasteiger partial charge in [0.15, 0.2) is 11.7 Å². The molecule has 28 heavy (non-hydrogen) atoms. The van der Waals surface area contributed by atoms with Crippen molar-refractivity contribution >= 4 is 5.97 Å². The van der Waals surface area contributed by atoms with Crippen LogP contribution in [-0.2, 0) is 16.0 Å². The predicted molar refractivity (Wildman–Crippen MR) is 97.7 cm³/mol. The number of ether oxygens (including phenoxy) is 2. The van der Waals surface area contributed by atoms with Gasteiger partial charge in [0.1, 0.15) is 17.4 Å². The van der Waals surface area contributed by atoms with Gasteiger partial charge in [-0.15, -0.1) is 0 Å². The van der Waals surface area contributed by atoms with Gasteiger partial charge in [-0.25, -0.2) is 13.8 Å². The van der Waals surface area contributed by atoms with E-state index in [0.29, 0.717) is 36.0 Å². The molecule has 146 valence electrons. The van der Waals surface area contributed by atoms with Crippen molar-refractivity contribution in [3.05, 3.63) is 72.3 Å². The number of hydrogen-bond donors (Lipinski definition) is 0. The van der Waals surface area contributed by atoms with Crippen LogP contribution in [0.1, 0.15) is 18.7 Å². The Hall–Kier alpha value is -3.22. The van der Waals surface area contributed by atoms with Crippen molar-refractivity contribution in [1.82, 2.24) is 4.98 Å². The number of benzene rings is 2. The average molecular weight is 387 g/mol. The summed E-state index contributed by atoms with van der Waals surface area (Å²) in [5, 5.41) is 0. The molecule has 0 aliphatic heterocycles. The van der Waals surface area contributed by atoms with Crippen LogP contribution in [0.5, 0.6) is 5.75 Å². The Kier molecular flexibility index (Phi) is 6.73. The molecule has 7 heteroatoms. The fourth-order valence-corrected chi connectivity index (χ4v) is 2.46. The number of halogens is 2. The first-order valence-corrected chi connectivity index (χ1v) is 8.85. The molecule has 0 fully saturated rings. The zero-order valence-corrected chi connectivity index (χ0v) is 15.1. The van der Waals surface area contributed by atoms with E-state index in [1.54, 1.807) is 18.2 Å². The van der Waals surface area contributed by atoms with Crippen molar-refractivity contribution in [1.29, 1.82) is 0 Å². The van der Waals surface area contributed by atoms with Gasteiger partial charge >= 0.3 is 5.97 Å². The van der Waals surface area contributed by atoms with Crippen LogP contribution in [0.15, 0.2) is 59.1 Å². The highest BCUT2D eigenvalue weighted by molar-refractivity contribution is 5.69. The molecule has 0 spiro atoms. The van der Waals surface area contributed by atoms with Gasteiger partial charge in [0, 0.05) is 12.8 Å². The van der Waals surface area contributed by atoms with Crippen molar-refractivity contribution in [3.63, 3.8) is 0 Å². The maximum atomic E-state index is 13.7. The Balaban J connectivity index is 1.34. The van der Waals surface area contributed by atoms with Gasteiger partial charge in [-0.05, 0) is 36.4 Å². The summed E-state index contributed by atoms with van der Waals surface area (Å²) in [5.41, 5.74) is 0.324. The molecule has 0 unspecified atom stereocenters. The lowest BCUT2D eigenvalue weighted by molar-refractivity contribution is -0.143. The molecule has 0 saturated carbocycles. The number of oxazole rings is 1. The fraction of sp³-hybridized carbons (Fsp3) is 0.238. The first kappa shape index (κ1) is 19.5. The summed E-state index contributed by atoms with van der Waals surface area (Å²) in [6, 6.07) is 11.9. The first-order valence-electron chi connectivity index (χ1n) is 8.85. The van der Waals surface area contributed by atoms with E-state index in [9.17, 15) is 13.6 Å².